The van der Waals surface area contributed by atoms with E-state index in [1.165, 1.54) is 23.9 Å². The highest BCUT2D eigenvalue weighted by molar-refractivity contribution is 7.99. The molecule has 0 saturated heterocycles. The van der Waals surface area contributed by atoms with E-state index in [2.05, 4.69) is 10.2 Å². The molecule has 2 aromatic heterocycles. The van der Waals surface area contributed by atoms with E-state index in [1.54, 1.807) is 34.7 Å². The Labute approximate surface area is 204 Å². The molecule has 2 heterocycles. The Bertz CT molecular complexity index is 1560. The normalized spacial score (nSPS) is 11.3. The van der Waals surface area contributed by atoms with E-state index in [0.717, 1.165) is 11.1 Å². The number of aromatic nitrogens is 4. The molecule has 0 fully saturated rings. The van der Waals surface area contributed by atoms with E-state index in [4.69, 9.17) is 0 Å². The van der Waals surface area contributed by atoms with Crippen LogP contribution in [0.5, 0.6) is 0 Å². The number of thioether (sulfide) groups is 1. The number of nitrogens with zero attached hydrogens (tertiary/aromatic N) is 5. The number of hydrogen-bond acceptors (Lipinski definition) is 5. The van der Waals surface area contributed by atoms with Crippen molar-refractivity contribution in [2.24, 2.45) is 0 Å². The van der Waals surface area contributed by atoms with Crippen molar-refractivity contribution in [1.29, 1.82) is 0 Å². The summed E-state index contributed by atoms with van der Waals surface area (Å²) >= 11 is 1.26. The van der Waals surface area contributed by atoms with Crippen LogP contribution >= 0.6 is 11.8 Å². The van der Waals surface area contributed by atoms with Gasteiger partial charge in [0.25, 0.3) is 5.56 Å². The third kappa shape index (κ3) is 4.67. The maximum absolute atomic E-state index is 13.3. The zero-order valence-electron chi connectivity index (χ0n) is 19.0. The first-order chi connectivity index (χ1) is 17.0. The lowest BCUT2D eigenvalue weighted by Gasteiger charge is -2.17. The zero-order chi connectivity index (χ0) is 24.4. The Balaban J connectivity index is 1.44. The van der Waals surface area contributed by atoms with Crippen molar-refractivity contribution in [1.82, 2.24) is 24.1 Å². The molecule has 0 atom stereocenters. The minimum atomic E-state index is -0.310. The number of carbonyl (C=O) groups is 1. The standard InChI is InChI=1S/C26H22FN5O2S/c1-30(15-19-11-13-20(27)14-12-19)23(33)17-35-26-29-28-25-31(16-18-7-3-2-4-8-18)24(34)21-9-5-6-10-22(21)32(25)26/h2-14H,15-17H2,1H3. The molecule has 0 radical (unpaired) electrons. The SMILES string of the molecule is CN(Cc1ccc(F)cc1)C(=O)CSc1nnc2n(Cc3ccccc3)c(=O)c3ccccc3n12. The maximum Gasteiger partial charge on any atom is 0.263 e. The Morgan fingerprint density at radius 2 is 1.66 bits per heavy atom. The van der Waals surface area contributed by atoms with Crippen molar-refractivity contribution in [2.45, 2.75) is 18.2 Å². The lowest BCUT2D eigenvalue weighted by atomic mass is 10.2. The van der Waals surface area contributed by atoms with Gasteiger partial charge in [-0.25, -0.2) is 4.39 Å². The van der Waals surface area contributed by atoms with Crippen LogP contribution in [0.2, 0.25) is 0 Å². The average molecular weight is 488 g/mol. The lowest BCUT2D eigenvalue weighted by molar-refractivity contribution is -0.127. The first-order valence-corrected chi connectivity index (χ1v) is 12.0. The summed E-state index contributed by atoms with van der Waals surface area (Å²) in [7, 11) is 1.71. The summed E-state index contributed by atoms with van der Waals surface area (Å²) in [5.41, 5.74) is 2.37. The van der Waals surface area contributed by atoms with Crippen LogP contribution in [0.25, 0.3) is 16.7 Å². The maximum atomic E-state index is 13.3. The van der Waals surface area contributed by atoms with Crippen LogP contribution in [-0.4, -0.2) is 42.8 Å². The quantitative estimate of drug-likeness (QED) is 0.325. The summed E-state index contributed by atoms with van der Waals surface area (Å²) in [5, 5.41) is 9.72. The molecule has 7 nitrogen and oxygen atoms in total. The Morgan fingerprint density at radius 3 is 2.43 bits per heavy atom. The fraction of sp³-hybridized carbons (Fsp3) is 0.154. The molecule has 0 unspecified atom stereocenters. The first kappa shape index (κ1) is 22.8. The second-order valence-electron chi connectivity index (χ2n) is 8.18. The summed E-state index contributed by atoms with van der Waals surface area (Å²) in [6.07, 6.45) is 0. The highest BCUT2D eigenvalue weighted by atomic mass is 32.2. The van der Waals surface area contributed by atoms with Gasteiger partial charge in [0, 0.05) is 13.6 Å². The fourth-order valence-electron chi connectivity index (χ4n) is 3.92. The molecule has 35 heavy (non-hydrogen) atoms. The number of hydrogen-bond donors (Lipinski definition) is 0. The van der Waals surface area contributed by atoms with Crippen molar-refractivity contribution < 1.29 is 9.18 Å². The van der Waals surface area contributed by atoms with Crippen molar-refractivity contribution >= 4 is 34.3 Å². The van der Waals surface area contributed by atoms with E-state index in [0.29, 0.717) is 34.9 Å². The minimum absolute atomic E-state index is 0.0991. The highest BCUT2D eigenvalue weighted by Gasteiger charge is 2.19. The van der Waals surface area contributed by atoms with Gasteiger partial charge in [-0.05, 0) is 35.4 Å². The summed E-state index contributed by atoms with van der Waals surface area (Å²) in [6, 6.07) is 23.1. The number of halogens is 1. The van der Waals surface area contributed by atoms with Crippen molar-refractivity contribution in [2.75, 3.05) is 12.8 Å². The van der Waals surface area contributed by atoms with Gasteiger partial charge in [-0.2, -0.15) is 0 Å². The van der Waals surface area contributed by atoms with Crippen LogP contribution in [0.4, 0.5) is 4.39 Å². The van der Waals surface area contributed by atoms with Crippen LogP contribution < -0.4 is 5.56 Å². The van der Waals surface area contributed by atoms with Crippen LogP contribution in [-0.2, 0) is 17.9 Å². The van der Waals surface area contributed by atoms with Crippen molar-refractivity contribution in [3.8, 4) is 0 Å². The van der Waals surface area contributed by atoms with E-state index >= 15 is 0 Å². The number of amides is 1. The topological polar surface area (TPSA) is 72.5 Å². The molecule has 176 valence electrons. The molecule has 0 aliphatic rings. The summed E-state index contributed by atoms with van der Waals surface area (Å²) < 4.78 is 16.6. The van der Waals surface area contributed by atoms with E-state index in [1.807, 2.05) is 52.9 Å². The van der Waals surface area contributed by atoms with Gasteiger partial charge in [0.2, 0.25) is 11.7 Å². The van der Waals surface area contributed by atoms with Gasteiger partial charge < -0.3 is 4.90 Å². The highest BCUT2D eigenvalue weighted by Crippen LogP contribution is 2.22. The van der Waals surface area contributed by atoms with Gasteiger partial charge >= 0.3 is 0 Å². The van der Waals surface area contributed by atoms with E-state index in [9.17, 15) is 14.0 Å². The molecule has 5 rings (SSSR count). The van der Waals surface area contributed by atoms with Crippen molar-refractivity contribution in [3.05, 3.63) is 106 Å². The summed E-state index contributed by atoms with van der Waals surface area (Å²) in [5.74, 6) is 0.157. The smallest absolute Gasteiger partial charge is 0.263 e. The molecule has 0 saturated carbocycles. The van der Waals surface area contributed by atoms with Gasteiger partial charge in [-0.3, -0.25) is 18.6 Å². The Kier molecular flexibility index (Phi) is 6.33. The summed E-state index contributed by atoms with van der Waals surface area (Å²) in [6.45, 7) is 0.732. The molecule has 1 amide bonds. The van der Waals surface area contributed by atoms with Gasteiger partial charge in [-0.1, -0.05) is 66.4 Å². The second kappa shape index (κ2) is 9.71. The monoisotopic (exact) mass is 487 g/mol. The molecule has 0 N–H and O–H groups in total. The molecular weight excluding hydrogens is 465 g/mol. The average Bonchev–Trinajstić information content (AvgIpc) is 3.31. The van der Waals surface area contributed by atoms with Crippen molar-refractivity contribution in [3.63, 3.8) is 0 Å². The molecule has 0 aliphatic carbocycles. The number of carbonyl (C=O) groups excluding carboxylic acids is 1. The van der Waals surface area contributed by atoms with Gasteiger partial charge in [0.05, 0.1) is 23.2 Å². The third-order valence-corrected chi connectivity index (χ3v) is 6.66. The zero-order valence-corrected chi connectivity index (χ0v) is 19.8. The van der Waals surface area contributed by atoms with E-state index in [-0.39, 0.29) is 23.0 Å². The summed E-state index contributed by atoms with van der Waals surface area (Å²) in [4.78, 5) is 27.7. The predicted molar refractivity (Wildman–Crippen MR) is 134 cm³/mol. The Morgan fingerprint density at radius 1 is 0.943 bits per heavy atom. The van der Waals surface area contributed by atoms with E-state index < -0.39 is 0 Å². The lowest BCUT2D eigenvalue weighted by Crippen LogP contribution is -2.28. The molecule has 0 spiro atoms. The van der Waals surface area contributed by atoms with Crippen LogP contribution in [0.3, 0.4) is 0 Å². The molecule has 0 bridgehead atoms. The number of para-hydroxylation sites is 1. The number of fused-ring (bicyclic) bond motifs is 3. The fourth-order valence-corrected chi connectivity index (χ4v) is 4.80. The van der Waals surface area contributed by atoms with Gasteiger partial charge in [0.1, 0.15) is 5.82 Å². The molecule has 9 heteroatoms. The van der Waals surface area contributed by atoms with Gasteiger partial charge in [0.15, 0.2) is 5.16 Å². The predicted octanol–water partition coefficient (Wildman–Crippen LogP) is 3.98. The minimum Gasteiger partial charge on any atom is -0.341 e. The van der Waals surface area contributed by atoms with Crippen LogP contribution in [0.1, 0.15) is 11.1 Å². The van der Waals surface area contributed by atoms with Crippen LogP contribution in [0.15, 0.2) is 88.8 Å². The first-order valence-electron chi connectivity index (χ1n) is 11.0. The molecular formula is C26H22FN5O2S. The van der Waals surface area contributed by atoms with Gasteiger partial charge in [-0.15, -0.1) is 10.2 Å². The van der Waals surface area contributed by atoms with Crippen LogP contribution in [0, 0.1) is 5.82 Å². The Hall–Kier alpha value is -3.98. The number of benzene rings is 3. The largest absolute Gasteiger partial charge is 0.341 e. The molecule has 0 aliphatic heterocycles. The molecule has 5 aromatic rings. The molecule has 3 aromatic carbocycles. The number of rotatable bonds is 7. The third-order valence-electron chi connectivity index (χ3n) is 5.75. The second-order valence-corrected chi connectivity index (χ2v) is 9.12.